The van der Waals surface area contributed by atoms with Crippen LogP contribution in [0.4, 0.5) is 0 Å². The van der Waals surface area contributed by atoms with Crippen molar-refractivity contribution in [3.05, 3.63) is 48.0 Å². The molecule has 0 saturated carbocycles. The Morgan fingerprint density at radius 3 is 1.96 bits per heavy atom. The third kappa shape index (κ3) is 4.24. The second-order valence-corrected chi connectivity index (χ2v) is 8.45. The van der Waals surface area contributed by atoms with Crippen molar-refractivity contribution in [2.24, 2.45) is 0 Å². The fraction of sp³-hybridized carbons (Fsp3) is 0.400. The lowest BCUT2D eigenvalue weighted by Crippen LogP contribution is -2.48. The van der Waals surface area contributed by atoms with Crippen LogP contribution in [0.15, 0.2) is 47.4 Å². The van der Waals surface area contributed by atoms with E-state index >= 15 is 0 Å². The van der Waals surface area contributed by atoms with E-state index in [2.05, 4.69) is 4.90 Å². The summed E-state index contributed by atoms with van der Waals surface area (Å²) in [6.07, 6.45) is 0. The van der Waals surface area contributed by atoms with E-state index in [0.717, 1.165) is 11.3 Å². The van der Waals surface area contributed by atoms with Gasteiger partial charge < -0.3 is 14.2 Å². The molecule has 0 bridgehead atoms. The first kappa shape index (κ1) is 20.4. The normalized spacial score (nSPS) is 16.0. The summed E-state index contributed by atoms with van der Waals surface area (Å²) in [6, 6.07) is 12.3. The van der Waals surface area contributed by atoms with Gasteiger partial charge in [-0.25, -0.2) is 8.42 Å². The first-order valence-corrected chi connectivity index (χ1v) is 10.5. The summed E-state index contributed by atoms with van der Waals surface area (Å²) < 4.78 is 43.3. The summed E-state index contributed by atoms with van der Waals surface area (Å²) in [5.74, 6) is 1.97. The molecule has 0 radical (unpaired) electrons. The van der Waals surface area contributed by atoms with Crippen LogP contribution in [-0.4, -0.2) is 65.1 Å². The third-order valence-electron chi connectivity index (χ3n) is 4.89. The molecule has 0 spiro atoms. The van der Waals surface area contributed by atoms with Gasteiger partial charge in [-0.15, -0.1) is 0 Å². The van der Waals surface area contributed by atoms with Crippen molar-refractivity contribution in [1.29, 1.82) is 0 Å². The van der Waals surface area contributed by atoms with Crippen LogP contribution in [0.1, 0.15) is 5.56 Å². The molecule has 0 N–H and O–H groups in total. The van der Waals surface area contributed by atoms with Crippen LogP contribution in [0, 0.1) is 0 Å². The zero-order valence-electron chi connectivity index (χ0n) is 16.4. The van der Waals surface area contributed by atoms with Gasteiger partial charge in [0.2, 0.25) is 10.0 Å². The highest BCUT2D eigenvalue weighted by Crippen LogP contribution is 2.35. The van der Waals surface area contributed by atoms with Gasteiger partial charge in [-0.05, 0) is 18.2 Å². The number of methoxy groups -OCH3 is 3. The fourth-order valence-electron chi connectivity index (χ4n) is 3.33. The third-order valence-corrected chi connectivity index (χ3v) is 6.81. The first-order valence-electron chi connectivity index (χ1n) is 9.06. The zero-order chi connectivity index (χ0) is 20.1. The fourth-order valence-corrected chi connectivity index (χ4v) is 4.77. The maximum Gasteiger partial charge on any atom is 0.243 e. The molecule has 0 aromatic heterocycles. The highest BCUT2D eigenvalue weighted by molar-refractivity contribution is 7.89. The van der Waals surface area contributed by atoms with Crippen molar-refractivity contribution < 1.29 is 22.6 Å². The Morgan fingerprint density at radius 1 is 0.821 bits per heavy atom. The van der Waals surface area contributed by atoms with E-state index in [1.807, 2.05) is 18.2 Å². The molecular formula is C20H26N2O5S. The number of hydrogen-bond donors (Lipinski definition) is 0. The number of nitrogens with zero attached hydrogens (tertiary/aromatic N) is 2. The lowest BCUT2D eigenvalue weighted by Gasteiger charge is -2.34. The molecule has 7 nitrogen and oxygen atoms in total. The molecule has 8 heteroatoms. The minimum absolute atomic E-state index is 0.338. The van der Waals surface area contributed by atoms with Crippen molar-refractivity contribution in [3.63, 3.8) is 0 Å². The Hall–Kier alpha value is -2.29. The topological polar surface area (TPSA) is 68.3 Å². The van der Waals surface area contributed by atoms with Crippen LogP contribution in [0.25, 0.3) is 0 Å². The summed E-state index contributed by atoms with van der Waals surface area (Å²) in [5.41, 5.74) is 0.972. The summed E-state index contributed by atoms with van der Waals surface area (Å²) in [7, 11) is 1.36. The maximum atomic E-state index is 12.8. The second-order valence-electron chi connectivity index (χ2n) is 6.51. The Bertz CT molecular complexity index is 894. The molecule has 28 heavy (non-hydrogen) atoms. The molecule has 1 aliphatic rings. The average Bonchev–Trinajstić information content (AvgIpc) is 2.74. The molecule has 2 aromatic carbocycles. The van der Waals surface area contributed by atoms with Crippen LogP contribution < -0.4 is 14.2 Å². The van der Waals surface area contributed by atoms with E-state index < -0.39 is 10.0 Å². The highest BCUT2D eigenvalue weighted by atomic mass is 32.2. The van der Waals surface area contributed by atoms with Gasteiger partial charge in [0.25, 0.3) is 0 Å². The Kier molecular flexibility index (Phi) is 6.43. The molecular weight excluding hydrogens is 380 g/mol. The Morgan fingerprint density at radius 2 is 1.39 bits per heavy atom. The van der Waals surface area contributed by atoms with Crippen molar-refractivity contribution >= 4 is 10.0 Å². The Balaban J connectivity index is 1.69. The monoisotopic (exact) mass is 406 g/mol. The predicted molar refractivity (Wildman–Crippen MR) is 107 cm³/mol. The van der Waals surface area contributed by atoms with Gasteiger partial charge in [-0.1, -0.05) is 18.2 Å². The van der Waals surface area contributed by atoms with Gasteiger partial charge >= 0.3 is 0 Å². The molecule has 0 atom stereocenters. The van der Waals surface area contributed by atoms with Crippen LogP contribution in [-0.2, 0) is 16.6 Å². The number of piperazine rings is 1. The van der Waals surface area contributed by atoms with Crippen LogP contribution in [0.2, 0.25) is 0 Å². The minimum atomic E-state index is -3.45. The van der Waals surface area contributed by atoms with Gasteiger partial charge in [0.1, 0.15) is 5.75 Å². The Labute approximate surface area is 166 Å². The molecule has 1 saturated heterocycles. The van der Waals surface area contributed by atoms with Gasteiger partial charge in [0.05, 0.1) is 26.2 Å². The predicted octanol–water partition coefficient (Wildman–Crippen LogP) is 2.22. The van der Waals surface area contributed by atoms with Gasteiger partial charge in [-0.2, -0.15) is 4.31 Å². The lowest BCUT2D eigenvalue weighted by atomic mass is 10.1. The molecule has 1 aliphatic heterocycles. The average molecular weight is 407 g/mol. The van der Waals surface area contributed by atoms with E-state index in [9.17, 15) is 8.42 Å². The minimum Gasteiger partial charge on any atom is -0.496 e. The molecule has 3 rings (SSSR count). The number of hydrogen-bond acceptors (Lipinski definition) is 6. The lowest BCUT2D eigenvalue weighted by molar-refractivity contribution is 0.179. The molecule has 152 valence electrons. The zero-order valence-corrected chi connectivity index (χ0v) is 17.2. The summed E-state index contributed by atoms with van der Waals surface area (Å²) in [6.45, 7) is 2.83. The van der Waals surface area contributed by atoms with Gasteiger partial charge in [-0.3, -0.25) is 4.90 Å². The largest absolute Gasteiger partial charge is 0.496 e. The molecule has 0 unspecified atom stereocenters. The van der Waals surface area contributed by atoms with Gasteiger partial charge in [0.15, 0.2) is 11.5 Å². The van der Waals surface area contributed by atoms with E-state index in [1.54, 1.807) is 49.9 Å². The van der Waals surface area contributed by atoms with Crippen LogP contribution >= 0.6 is 0 Å². The number of sulfonamides is 1. The van der Waals surface area contributed by atoms with E-state index in [0.29, 0.717) is 49.1 Å². The number of rotatable bonds is 7. The molecule has 0 amide bonds. The maximum absolute atomic E-state index is 12.8. The summed E-state index contributed by atoms with van der Waals surface area (Å²) in [4.78, 5) is 2.55. The van der Waals surface area contributed by atoms with Crippen molar-refractivity contribution in [3.8, 4) is 17.2 Å². The summed E-state index contributed by atoms with van der Waals surface area (Å²) >= 11 is 0. The standard InChI is InChI=1S/C20H26N2O5S/c1-25-18-14-20(27-3)19(26-2)13-16(18)15-21-9-11-22(12-10-21)28(23,24)17-7-5-4-6-8-17/h4-8,13-14H,9-12,15H2,1-3H3. The number of ether oxygens (including phenoxy) is 3. The molecule has 1 heterocycles. The van der Waals surface area contributed by atoms with E-state index in [-0.39, 0.29) is 0 Å². The van der Waals surface area contributed by atoms with Crippen molar-refractivity contribution in [2.75, 3.05) is 47.5 Å². The highest BCUT2D eigenvalue weighted by Gasteiger charge is 2.28. The van der Waals surface area contributed by atoms with Crippen molar-refractivity contribution in [2.45, 2.75) is 11.4 Å². The van der Waals surface area contributed by atoms with Gasteiger partial charge in [0, 0.05) is 44.4 Å². The smallest absolute Gasteiger partial charge is 0.243 e. The van der Waals surface area contributed by atoms with Crippen LogP contribution in [0.5, 0.6) is 17.2 Å². The van der Waals surface area contributed by atoms with Crippen LogP contribution in [0.3, 0.4) is 0 Å². The second kappa shape index (κ2) is 8.81. The molecule has 2 aromatic rings. The summed E-state index contributed by atoms with van der Waals surface area (Å²) in [5, 5.41) is 0. The SMILES string of the molecule is COc1cc(OC)c(OC)cc1CN1CCN(S(=O)(=O)c2ccccc2)CC1. The molecule has 0 aliphatic carbocycles. The first-order chi connectivity index (χ1) is 13.5. The molecule has 1 fully saturated rings. The van der Waals surface area contributed by atoms with E-state index in [4.69, 9.17) is 14.2 Å². The van der Waals surface area contributed by atoms with E-state index in [1.165, 1.54) is 0 Å². The van der Waals surface area contributed by atoms with Crippen molar-refractivity contribution in [1.82, 2.24) is 9.21 Å². The number of benzene rings is 2. The quantitative estimate of drug-likeness (QED) is 0.702.